The van der Waals surface area contributed by atoms with Crippen molar-refractivity contribution in [2.45, 2.75) is 26.1 Å². The maximum Gasteiger partial charge on any atom is 0.419 e. The number of aromatic nitrogens is 2. The maximum absolute atomic E-state index is 14.5. The van der Waals surface area contributed by atoms with Crippen LogP contribution < -0.4 is 15.8 Å². The molecule has 0 unspecified atom stereocenters. The maximum atomic E-state index is 14.5. The monoisotopic (exact) mass is 394 g/mol. The van der Waals surface area contributed by atoms with Crippen molar-refractivity contribution < 1.29 is 22.3 Å². The fourth-order valence-electron chi connectivity index (χ4n) is 2.93. The van der Waals surface area contributed by atoms with Gasteiger partial charge >= 0.3 is 6.18 Å². The van der Waals surface area contributed by atoms with Crippen LogP contribution in [0, 0.1) is 12.7 Å². The molecular weight excluding hydrogens is 376 g/mol. The largest absolute Gasteiger partial charge is 0.497 e. The van der Waals surface area contributed by atoms with E-state index in [9.17, 15) is 17.6 Å². The van der Waals surface area contributed by atoms with Crippen molar-refractivity contribution in [3.8, 4) is 5.75 Å². The Morgan fingerprint density at radius 2 is 1.86 bits per heavy atom. The van der Waals surface area contributed by atoms with E-state index in [1.54, 1.807) is 25.1 Å². The predicted molar refractivity (Wildman–Crippen MR) is 98.7 cm³/mol. The summed E-state index contributed by atoms with van der Waals surface area (Å²) in [6.45, 7) is 3.21. The molecule has 5 nitrogen and oxygen atoms in total. The minimum atomic E-state index is -4.85. The molecule has 0 aliphatic rings. The number of fused-ring (bicyclic) bond motifs is 1. The van der Waals surface area contributed by atoms with Crippen molar-refractivity contribution in [1.29, 1.82) is 0 Å². The zero-order valence-corrected chi connectivity index (χ0v) is 15.4. The molecule has 0 bridgehead atoms. The van der Waals surface area contributed by atoms with Gasteiger partial charge < -0.3 is 15.8 Å². The van der Waals surface area contributed by atoms with E-state index in [1.165, 1.54) is 20.1 Å². The summed E-state index contributed by atoms with van der Waals surface area (Å²) in [5.41, 5.74) is 4.40. The number of nitrogens with one attached hydrogen (secondary N) is 1. The number of ether oxygens (including phenoxy) is 1. The molecule has 0 amide bonds. The third-order valence-corrected chi connectivity index (χ3v) is 4.26. The van der Waals surface area contributed by atoms with Crippen LogP contribution in [0.1, 0.15) is 29.9 Å². The second kappa shape index (κ2) is 7.14. The number of nitrogens with two attached hydrogens (primary N) is 1. The molecule has 3 N–H and O–H groups in total. The van der Waals surface area contributed by atoms with Gasteiger partial charge in [-0.2, -0.15) is 13.2 Å². The highest BCUT2D eigenvalue weighted by Crippen LogP contribution is 2.37. The number of benzene rings is 2. The summed E-state index contributed by atoms with van der Waals surface area (Å²) in [6.07, 6.45) is -4.85. The molecule has 1 heterocycles. The van der Waals surface area contributed by atoms with Crippen molar-refractivity contribution in [2.75, 3.05) is 18.2 Å². The predicted octanol–water partition coefficient (Wildman–Crippen LogP) is 4.86. The van der Waals surface area contributed by atoms with Gasteiger partial charge in [0, 0.05) is 16.6 Å². The van der Waals surface area contributed by atoms with Gasteiger partial charge in [-0.05, 0) is 44.2 Å². The standard InChI is InChI=1S/C19H18F4N4O/c1-9(13-6-11(24)7-15(17(13)20)19(21,22)23)25-18-14-8-12(28-3)4-5-16(14)26-10(2)27-18/h4-9H,24H2,1-3H3,(H,25,26,27)/t9-/m1/s1. The Kier molecular flexibility index (Phi) is 5.01. The molecule has 3 rings (SSSR count). The van der Waals surface area contributed by atoms with Gasteiger partial charge in [0.25, 0.3) is 0 Å². The van der Waals surface area contributed by atoms with Crippen molar-refractivity contribution in [1.82, 2.24) is 9.97 Å². The number of halogens is 4. The third-order valence-electron chi connectivity index (χ3n) is 4.26. The highest BCUT2D eigenvalue weighted by Gasteiger charge is 2.36. The minimum absolute atomic E-state index is 0.178. The Morgan fingerprint density at radius 1 is 1.14 bits per heavy atom. The van der Waals surface area contributed by atoms with E-state index >= 15 is 0 Å². The van der Waals surface area contributed by atoms with Crippen LogP contribution in [0.15, 0.2) is 30.3 Å². The van der Waals surface area contributed by atoms with Gasteiger partial charge in [0.2, 0.25) is 0 Å². The molecule has 2 aromatic carbocycles. The van der Waals surface area contributed by atoms with E-state index in [2.05, 4.69) is 15.3 Å². The van der Waals surface area contributed by atoms with Crippen molar-refractivity contribution in [3.63, 3.8) is 0 Å². The summed E-state index contributed by atoms with van der Waals surface area (Å²) < 4.78 is 59.0. The first kappa shape index (κ1) is 19.7. The molecular formula is C19H18F4N4O. The lowest BCUT2D eigenvalue weighted by molar-refractivity contribution is -0.140. The number of nitrogens with zero attached hydrogens (tertiary/aromatic N) is 2. The zero-order chi connectivity index (χ0) is 20.6. The minimum Gasteiger partial charge on any atom is -0.497 e. The fraction of sp³-hybridized carbons (Fsp3) is 0.263. The first-order valence-electron chi connectivity index (χ1n) is 8.35. The Labute approximate surface area is 158 Å². The van der Waals surface area contributed by atoms with Gasteiger partial charge in [0.1, 0.15) is 23.2 Å². The van der Waals surface area contributed by atoms with Gasteiger partial charge in [-0.1, -0.05) is 0 Å². The number of rotatable bonds is 4. The summed E-state index contributed by atoms with van der Waals surface area (Å²) in [5.74, 6) is 0.000178. The Balaban J connectivity index is 2.07. The van der Waals surface area contributed by atoms with Crippen LogP contribution in [0.5, 0.6) is 5.75 Å². The lowest BCUT2D eigenvalue weighted by atomic mass is 10.0. The number of hydrogen-bond acceptors (Lipinski definition) is 5. The number of alkyl halides is 3. The van der Waals surface area contributed by atoms with Crippen molar-refractivity contribution in [3.05, 3.63) is 53.1 Å². The van der Waals surface area contributed by atoms with E-state index in [1.807, 2.05) is 0 Å². The van der Waals surface area contributed by atoms with E-state index in [0.29, 0.717) is 34.4 Å². The third kappa shape index (κ3) is 3.78. The number of methoxy groups -OCH3 is 1. The van der Waals surface area contributed by atoms with E-state index in [-0.39, 0.29) is 11.3 Å². The quantitative estimate of drug-likeness (QED) is 0.488. The second-order valence-electron chi connectivity index (χ2n) is 6.34. The molecule has 0 aliphatic heterocycles. The molecule has 1 atom stereocenters. The van der Waals surface area contributed by atoms with Gasteiger partial charge in [-0.25, -0.2) is 14.4 Å². The highest BCUT2D eigenvalue weighted by atomic mass is 19.4. The molecule has 28 heavy (non-hydrogen) atoms. The SMILES string of the molecule is COc1ccc2nc(C)nc(N[C@H](C)c3cc(N)cc(C(F)(F)F)c3F)c2c1. The average Bonchev–Trinajstić information content (AvgIpc) is 2.61. The fourth-order valence-corrected chi connectivity index (χ4v) is 2.93. The molecule has 3 aromatic rings. The molecule has 0 saturated carbocycles. The van der Waals surface area contributed by atoms with Gasteiger partial charge in [0.05, 0.1) is 24.2 Å². The van der Waals surface area contributed by atoms with E-state index in [4.69, 9.17) is 10.5 Å². The van der Waals surface area contributed by atoms with Crippen LogP contribution >= 0.6 is 0 Å². The van der Waals surface area contributed by atoms with Crippen LogP contribution in [0.3, 0.4) is 0 Å². The van der Waals surface area contributed by atoms with Crippen LogP contribution in [0.4, 0.5) is 29.1 Å². The Hall–Kier alpha value is -3.10. The van der Waals surface area contributed by atoms with Crippen LogP contribution in [0.2, 0.25) is 0 Å². The van der Waals surface area contributed by atoms with Crippen molar-refractivity contribution in [2.24, 2.45) is 0 Å². The molecule has 1 aromatic heterocycles. The first-order chi connectivity index (χ1) is 13.1. The van der Waals surface area contributed by atoms with Crippen molar-refractivity contribution >= 4 is 22.4 Å². The smallest absolute Gasteiger partial charge is 0.419 e. The normalized spacial score (nSPS) is 12.8. The number of hydrogen-bond donors (Lipinski definition) is 2. The molecule has 0 spiro atoms. The summed E-state index contributed by atoms with van der Waals surface area (Å²) in [7, 11) is 1.51. The van der Waals surface area contributed by atoms with Crippen LogP contribution in [-0.2, 0) is 6.18 Å². The van der Waals surface area contributed by atoms with Crippen LogP contribution in [0.25, 0.3) is 10.9 Å². The lowest BCUT2D eigenvalue weighted by Crippen LogP contribution is -2.16. The van der Waals surface area contributed by atoms with E-state index < -0.39 is 23.6 Å². The number of aryl methyl sites for hydroxylation is 1. The molecule has 0 saturated heterocycles. The summed E-state index contributed by atoms with van der Waals surface area (Å²) in [6, 6.07) is 6.09. The highest BCUT2D eigenvalue weighted by molar-refractivity contribution is 5.90. The Morgan fingerprint density at radius 3 is 2.50 bits per heavy atom. The second-order valence-corrected chi connectivity index (χ2v) is 6.34. The molecule has 0 fully saturated rings. The summed E-state index contributed by atoms with van der Waals surface area (Å²) in [5, 5.41) is 3.57. The molecule has 0 aliphatic carbocycles. The van der Waals surface area contributed by atoms with Gasteiger partial charge in [0.15, 0.2) is 0 Å². The Bertz CT molecular complexity index is 1040. The summed E-state index contributed by atoms with van der Waals surface area (Å²) >= 11 is 0. The van der Waals surface area contributed by atoms with E-state index in [0.717, 1.165) is 0 Å². The topological polar surface area (TPSA) is 73.1 Å². The zero-order valence-electron chi connectivity index (χ0n) is 15.4. The number of anilines is 2. The number of nitrogen functional groups attached to an aromatic ring is 1. The van der Waals surface area contributed by atoms with Gasteiger partial charge in [-0.15, -0.1) is 0 Å². The molecule has 0 radical (unpaired) electrons. The first-order valence-corrected chi connectivity index (χ1v) is 8.35. The summed E-state index contributed by atoms with van der Waals surface area (Å²) in [4.78, 5) is 8.63. The average molecular weight is 394 g/mol. The molecule has 148 valence electrons. The lowest BCUT2D eigenvalue weighted by Gasteiger charge is -2.20. The van der Waals surface area contributed by atoms with Gasteiger partial charge in [-0.3, -0.25) is 0 Å². The molecule has 9 heteroatoms. The van der Waals surface area contributed by atoms with Crippen LogP contribution in [-0.4, -0.2) is 17.1 Å².